The first-order valence-corrected chi connectivity index (χ1v) is 11.3. The molecular weight excluding hydrogens is 404 g/mol. The number of fused-ring (bicyclic) bond motifs is 2. The van der Waals surface area contributed by atoms with Crippen molar-refractivity contribution in [3.63, 3.8) is 0 Å². The van der Waals surface area contributed by atoms with Crippen LogP contribution in [0.3, 0.4) is 0 Å². The first kappa shape index (κ1) is 21.4. The highest BCUT2D eigenvalue weighted by Gasteiger charge is 2.74. The van der Waals surface area contributed by atoms with E-state index in [0.717, 1.165) is 0 Å². The number of β-amino-alcohol motifs (C(OH)–C–C–N with tert-alkyl or cyclic N) is 1. The minimum atomic E-state index is -0.879. The molecule has 4 rings (SSSR count). The Morgan fingerprint density at radius 3 is 2.57 bits per heavy atom. The Morgan fingerprint density at radius 2 is 1.90 bits per heavy atom. The van der Waals surface area contributed by atoms with Crippen LogP contribution in [0, 0.1) is 11.8 Å². The largest absolute Gasteiger partial charge is 0.465 e. The minimum absolute atomic E-state index is 0.0637. The second kappa shape index (κ2) is 7.12. The predicted octanol–water partition coefficient (Wildman–Crippen LogP) is 1.37. The lowest BCUT2D eigenvalue weighted by atomic mass is 9.74. The van der Waals surface area contributed by atoms with E-state index in [0.29, 0.717) is 13.0 Å². The van der Waals surface area contributed by atoms with Gasteiger partial charge in [0.2, 0.25) is 11.8 Å². The molecule has 0 aromatic heterocycles. The van der Waals surface area contributed by atoms with E-state index in [1.165, 1.54) is 16.7 Å². The first-order chi connectivity index (χ1) is 14.1. The zero-order valence-electron chi connectivity index (χ0n) is 18.0. The van der Waals surface area contributed by atoms with Crippen molar-refractivity contribution in [2.75, 3.05) is 26.3 Å². The summed E-state index contributed by atoms with van der Waals surface area (Å²) in [4.78, 5) is 43.8. The van der Waals surface area contributed by atoms with Gasteiger partial charge in [0.25, 0.3) is 0 Å². The lowest BCUT2D eigenvalue weighted by molar-refractivity contribution is -0.154. The molecule has 0 aromatic carbocycles. The number of carbonyl (C=O) groups is 3. The summed E-state index contributed by atoms with van der Waals surface area (Å²) in [5, 5.41) is 9.65. The van der Waals surface area contributed by atoms with Crippen LogP contribution in [0.15, 0.2) is 24.3 Å². The smallest absolute Gasteiger partial charge is 0.311 e. The molecule has 1 unspecified atom stereocenters. The zero-order chi connectivity index (χ0) is 21.9. The third-order valence-electron chi connectivity index (χ3n) is 6.67. The highest BCUT2D eigenvalue weighted by molar-refractivity contribution is 8.02. The van der Waals surface area contributed by atoms with Gasteiger partial charge in [0, 0.05) is 23.4 Å². The molecule has 0 aromatic rings. The molecule has 4 aliphatic heterocycles. The molecule has 164 valence electrons. The lowest BCUT2D eigenvalue weighted by Gasteiger charge is -2.40. The molecule has 4 aliphatic rings. The van der Waals surface area contributed by atoms with Crippen LogP contribution in [0.25, 0.3) is 0 Å². The van der Waals surface area contributed by atoms with Gasteiger partial charge in [-0.25, -0.2) is 0 Å². The van der Waals surface area contributed by atoms with Gasteiger partial charge in [0.15, 0.2) is 0 Å². The fourth-order valence-corrected chi connectivity index (χ4v) is 7.59. The molecule has 8 heteroatoms. The molecule has 4 heterocycles. The van der Waals surface area contributed by atoms with Gasteiger partial charge >= 0.3 is 5.97 Å². The fraction of sp³-hybridized carbons (Fsp3) is 0.682. The summed E-state index contributed by atoms with van der Waals surface area (Å²) in [6.07, 6.45) is 8.58. The van der Waals surface area contributed by atoms with E-state index in [4.69, 9.17) is 4.74 Å². The van der Waals surface area contributed by atoms with E-state index < -0.39 is 32.9 Å². The van der Waals surface area contributed by atoms with E-state index in [1.54, 1.807) is 4.90 Å². The van der Waals surface area contributed by atoms with Crippen LogP contribution >= 0.6 is 11.8 Å². The van der Waals surface area contributed by atoms with Gasteiger partial charge in [-0.3, -0.25) is 14.4 Å². The van der Waals surface area contributed by atoms with Crippen molar-refractivity contribution in [2.45, 2.75) is 55.2 Å². The van der Waals surface area contributed by atoms with Gasteiger partial charge < -0.3 is 19.6 Å². The molecule has 2 amide bonds. The van der Waals surface area contributed by atoms with Crippen molar-refractivity contribution in [3.05, 3.63) is 24.3 Å². The van der Waals surface area contributed by atoms with Gasteiger partial charge in [0.05, 0.1) is 29.8 Å². The standard InChI is InChI=1S/C22H30N2O5S/c1-20(2,3)24-10-7-9-22-14(17(26)23(11-12-25)16(22)18(24)27)15-19(28)29-13-6-5-8-21(15,4)30-22/h5,7-9,14-16,25H,6,10-13H2,1-4H3/t14-,15+,16?,21-,22-/m0/s1. The molecule has 7 nitrogen and oxygen atoms in total. The number of thioether (sulfide) groups is 1. The van der Waals surface area contributed by atoms with Gasteiger partial charge in [-0.2, -0.15) is 0 Å². The maximum Gasteiger partial charge on any atom is 0.311 e. The average Bonchev–Trinajstić information content (AvgIpc) is 2.94. The normalized spacial score (nSPS) is 38.6. The Kier molecular flexibility index (Phi) is 5.09. The molecule has 5 atom stereocenters. The monoisotopic (exact) mass is 434 g/mol. The Labute approximate surface area is 181 Å². The number of hydrogen-bond acceptors (Lipinski definition) is 6. The second-order valence-electron chi connectivity index (χ2n) is 9.63. The van der Waals surface area contributed by atoms with E-state index in [-0.39, 0.29) is 37.5 Å². The summed E-state index contributed by atoms with van der Waals surface area (Å²) in [6, 6.07) is -0.767. The van der Waals surface area contributed by atoms with Crippen LogP contribution in [-0.2, 0) is 19.1 Å². The highest BCUT2D eigenvalue weighted by Crippen LogP contribution is 2.65. The van der Waals surface area contributed by atoms with E-state index in [9.17, 15) is 19.5 Å². The van der Waals surface area contributed by atoms with Gasteiger partial charge in [-0.1, -0.05) is 24.3 Å². The Balaban J connectivity index is 1.89. The number of carbonyl (C=O) groups excluding carboxylic acids is 3. The van der Waals surface area contributed by atoms with Crippen molar-refractivity contribution < 1.29 is 24.2 Å². The number of nitrogens with zero attached hydrogens (tertiary/aromatic N) is 2. The summed E-state index contributed by atoms with van der Waals surface area (Å²) in [7, 11) is 0. The Bertz CT molecular complexity index is 834. The molecular formula is C22H30N2O5S. The van der Waals surface area contributed by atoms with Crippen LogP contribution in [-0.4, -0.2) is 80.1 Å². The number of amides is 2. The van der Waals surface area contributed by atoms with Crippen molar-refractivity contribution in [2.24, 2.45) is 11.8 Å². The number of esters is 1. The van der Waals surface area contributed by atoms with Gasteiger partial charge in [0.1, 0.15) is 6.04 Å². The van der Waals surface area contributed by atoms with E-state index >= 15 is 0 Å². The third kappa shape index (κ3) is 2.94. The third-order valence-corrected chi connectivity index (χ3v) is 8.47. The van der Waals surface area contributed by atoms with Gasteiger partial charge in [-0.15, -0.1) is 11.8 Å². The summed E-state index contributed by atoms with van der Waals surface area (Å²) in [5.74, 6) is -2.17. The van der Waals surface area contributed by atoms with E-state index in [1.807, 2.05) is 52.0 Å². The highest BCUT2D eigenvalue weighted by atomic mass is 32.2. The molecule has 0 aliphatic carbocycles. The topological polar surface area (TPSA) is 87.2 Å². The van der Waals surface area contributed by atoms with Crippen LogP contribution in [0.5, 0.6) is 0 Å². The molecule has 0 radical (unpaired) electrons. The summed E-state index contributed by atoms with van der Waals surface area (Å²) < 4.78 is 3.95. The second-order valence-corrected chi connectivity index (χ2v) is 11.4. The minimum Gasteiger partial charge on any atom is -0.465 e. The number of aliphatic hydroxyl groups excluding tert-OH is 1. The molecule has 0 bridgehead atoms. The number of rotatable bonds is 2. The van der Waals surface area contributed by atoms with Crippen molar-refractivity contribution in [1.82, 2.24) is 9.80 Å². The van der Waals surface area contributed by atoms with Crippen LogP contribution in [0.4, 0.5) is 0 Å². The molecule has 1 spiro atoms. The maximum atomic E-state index is 13.8. The predicted molar refractivity (Wildman–Crippen MR) is 114 cm³/mol. The number of hydrogen-bond donors (Lipinski definition) is 1. The number of cyclic esters (lactones) is 1. The molecule has 1 N–H and O–H groups in total. The first-order valence-electron chi connectivity index (χ1n) is 10.5. The SMILES string of the molecule is CC(C)(C)N1CC=C[C@]23S[C@@]4(C)C=CCCOC(=O)[C@H]4[C@H]2C(=O)N(CCO)C3C1=O. The Morgan fingerprint density at radius 1 is 1.17 bits per heavy atom. The van der Waals surface area contributed by atoms with Crippen molar-refractivity contribution in [3.8, 4) is 0 Å². The molecule has 30 heavy (non-hydrogen) atoms. The lowest BCUT2D eigenvalue weighted by Crippen LogP contribution is -2.57. The van der Waals surface area contributed by atoms with Crippen molar-refractivity contribution in [1.29, 1.82) is 0 Å². The van der Waals surface area contributed by atoms with Crippen LogP contribution < -0.4 is 0 Å². The number of aliphatic hydroxyl groups is 1. The zero-order valence-corrected chi connectivity index (χ0v) is 18.8. The van der Waals surface area contributed by atoms with Crippen molar-refractivity contribution >= 4 is 29.5 Å². The molecule has 0 saturated carbocycles. The summed E-state index contributed by atoms with van der Waals surface area (Å²) in [5.41, 5.74) is -0.424. The summed E-state index contributed by atoms with van der Waals surface area (Å²) in [6.45, 7) is 8.43. The fourth-order valence-electron chi connectivity index (χ4n) is 5.44. The quantitative estimate of drug-likeness (QED) is 0.522. The number of likely N-dealkylation sites (tertiary alicyclic amines) is 1. The van der Waals surface area contributed by atoms with E-state index in [2.05, 4.69) is 0 Å². The Hall–Kier alpha value is -1.80. The van der Waals surface area contributed by atoms with Gasteiger partial charge in [-0.05, 0) is 34.1 Å². The van der Waals surface area contributed by atoms with Crippen LogP contribution in [0.1, 0.15) is 34.1 Å². The average molecular weight is 435 g/mol. The summed E-state index contributed by atoms with van der Waals surface area (Å²) >= 11 is 1.52. The molecule has 2 fully saturated rings. The molecule has 2 saturated heterocycles. The number of ether oxygens (including phenoxy) is 1. The van der Waals surface area contributed by atoms with Crippen LogP contribution in [0.2, 0.25) is 0 Å². The maximum absolute atomic E-state index is 13.8.